The summed E-state index contributed by atoms with van der Waals surface area (Å²) in [6, 6.07) is 6.13. The Bertz CT molecular complexity index is 960. The molecule has 0 aliphatic rings. The van der Waals surface area contributed by atoms with E-state index in [0.717, 1.165) is 6.07 Å². The van der Waals surface area contributed by atoms with Crippen LogP contribution in [0.4, 0.5) is 5.13 Å². The second kappa shape index (κ2) is 7.64. The molecular formula is C15H10Cl2N4O3S. The van der Waals surface area contributed by atoms with Crippen molar-refractivity contribution in [3.63, 3.8) is 0 Å². The third kappa shape index (κ3) is 4.36. The minimum atomic E-state index is -0.499. The highest BCUT2D eigenvalue weighted by atomic mass is 35.5. The van der Waals surface area contributed by atoms with Crippen molar-refractivity contribution >= 4 is 45.6 Å². The molecule has 3 aromatic rings. The molecule has 0 aliphatic carbocycles. The Kier molecular flexibility index (Phi) is 5.32. The predicted molar refractivity (Wildman–Crippen MR) is 95.7 cm³/mol. The number of halogens is 2. The highest BCUT2D eigenvalue weighted by Gasteiger charge is 2.12. The molecule has 0 radical (unpaired) electrons. The van der Waals surface area contributed by atoms with Crippen LogP contribution in [-0.2, 0) is 6.61 Å². The number of amides is 1. The molecule has 128 valence electrons. The fraction of sp³-hybridized carbons (Fsp3) is 0.0667. The van der Waals surface area contributed by atoms with Crippen LogP contribution in [0.15, 0.2) is 40.8 Å². The molecule has 0 saturated carbocycles. The van der Waals surface area contributed by atoms with E-state index in [1.807, 2.05) is 0 Å². The second-order valence-corrected chi connectivity index (χ2v) is 6.47. The maximum Gasteiger partial charge on any atom is 0.274 e. The number of ether oxygens (including phenoxy) is 1. The van der Waals surface area contributed by atoms with Crippen LogP contribution >= 0.6 is 34.5 Å². The molecule has 0 spiro atoms. The van der Waals surface area contributed by atoms with Crippen LogP contribution in [0.5, 0.6) is 5.75 Å². The van der Waals surface area contributed by atoms with Gasteiger partial charge in [-0.2, -0.15) is 0 Å². The van der Waals surface area contributed by atoms with Gasteiger partial charge in [-0.1, -0.05) is 40.6 Å². The number of anilines is 1. The summed E-state index contributed by atoms with van der Waals surface area (Å²) in [5.41, 5.74) is 1.81. The average molecular weight is 397 g/mol. The van der Waals surface area contributed by atoms with Crippen LogP contribution < -0.4 is 15.5 Å². The molecule has 0 aliphatic heterocycles. The van der Waals surface area contributed by atoms with Crippen molar-refractivity contribution in [2.45, 2.75) is 6.61 Å². The van der Waals surface area contributed by atoms with E-state index in [-0.39, 0.29) is 18.1 Å². The second-order valence-electron chi connectivity index (χ2n) is 4.80. The molecular weight excluding hydrogens is 387 g/mol. The molecule has 2 aromatic heterocycles. The summed E-state index contributed by atoms with van der Waals surface area (Å²) in [4.78, 5) is 26.8. The van der Waals surface area contributed by atoms with Gasteiger partial charge in [-0.05, 0) is 12.1 Å². The first-order valence-corrected chi connectivity index (χ1v) is 8.53. The summed E-state index contributed by atoms with van der Waals surface area (Å²) < 4.78 is 5.46. The lowest BCUT2D eigenvalue weighted by Gasteiger charge is -2.08. The quantitative estimate of drug-likeness (QED) is 0.688. The number of hydrogen-bond acceptors (Lipinski definition) is 6. The summed E-state index contributed by atoms with van der Waals surface area (Å²) in [6.45, 7) is 0.0927. The van der Waals surface area contributed by atoms with Crippen molar-refractivity contribution in [2.24, 2.45) is 0 Å². The zero-order valence-corrected chi connectivity index (χ0v) is 14.8. The first kappa shape index (κ1) is 17.4. The standard InChI is InChI=1S/C15H10Cl2N4O3S/c16-9-2-1-8(10(17)3-9)6-24-13-5-18-11(4-12(13)22)14(23)20-15-21-19-7-25-15/h1-5,7H,6H2,(H,18,22)(H,20,21,23). The molecule has 25 heavy (non-hydrogen) atoms. The number of pyridine rings is 1. The van der Waals surface area contributed by atoms with Gasteiger partial charge in [0.1, 0.15) is 17.8 Å². The largest absolute Gasteiger partial charge is 0.483 e. The minimum absolute atomic E-state index is 0.0680. The summed E-state index contributed by atoms with van der Waals surface area (Å²) >= 11 is 13.1. The van der Waals surface area contributed by atoms with Gasteiger partial charge in [0.05, 0.1) is 0 Å². The van der Waals surface area contributed by atoms with E-state index in [0.29, 0.717) is 20.7 Å². The number of carbonyl (C=O) groups excluding carboxylic acids is 1. The molecule has 10 heteroatoms. The van der Waals surface area contributed by atoms with Crippen molar-refractivity contribution in [1.82, 2.24) is 15.2 Å². The first-order chi connectivity index (χ1) is 12.0. The number of H-pyrrole nitrogens is 1. The zero-order valence-electron chi connectivity index (χ0n) is 12.5. The van der Waals surface area contributed by atoms with Gasteiger partial charge in [0.15, 0.2) is 5.75 Å². The molecule has 0 fully saturated rings. The fourth-order valence-electron chi connectivity index (χ4n) is 1.89. The number of aromatic amines is 1. The molecule has 1 amide bonds. The van der Waals surface area contributed by atoms with Gasteiger partial charge in [-0.15, -0.1) is 10.2 Å². The van der Waals surface area contributed by atoms with Crippen molar-refractivity contribution in [1.29, 1.82) is 0 Å². The van der Waals surface area contributed by atoms with Gasteiger partial charge in [0.25, 0.3) is 5.91 Å². The number of aromatic nitrogens is 3. The SMILES string of the molecule is O=C(Nc1nncs1)c1cc(=O)c(OCc2ccc(Cl)cc2Cl)c[nH]1. The third-order valence-electron chi connectivity index (χ3n) is 3.10. The van der Waals surface area contributed by atoms with E-state index < -0.39 is 11.3 Å². The highest BCUT2D eigenvalue weighted by molar-refractivity contribution is 7.13. The molecule has 2 N–H and O–H groups in total. The number of benzene rings is 1. The monoisotopic (exact) mass is 396 g/mol. The van der Waals surface area contributed by atoms with Crippen LogP contribution in [0.3, 0.4) is 0 Å². The summed E-state index contributed by atoms with van der Waals surface area (Å²) in [6.07, 6.45) is 1.32. The van der Waals surface area contributed by atoms with Crippen LogP contribution in [0.1, 0.15) is 16.1 Å². The smallest absolute Gasteiger partial charge is 0.274 e. The fourth-order valence-corrected chi connectivity index (χ4v) is 2.79. The third-order valence-corrected chi connectivity index (χ3v) is 4.29. The van der Waals surface area contributed by atoms with Gasteiger partial charge in [-0.3, -0.25) is 14.9 Å². The van der Waals surface area contributed by atoms with Crippen molar-refractivity contribution in [3.05, 3.63) is 67.5 Å². The average Bonchev–Trinajstić information content (AvgIpc) is 3.08. The number of rotatable bonds is 5. The number of nitrogens with one attached hydrogen (secondary N) is 2. The maximum absolute atomic E-state index is 12.1. The molecule has 0 saturated heterocycles. The first-order valence-electron chi connectivity index (χ1n) is 6.90. The Morgan fingerprint density at radius 2 is 2.16 bits per heavy atom. The summed E-state index contributed by atoms with van der Waals surface area (Å²) in [7, 11) is 0. The number of nitrogens with zero attached hydrogens (tertiary/aromatic N) is 2. The minimum Gasteiger partial charge on any atom is -0.483 e. The van der Waals surface area contributed by atoms with Crippen LogP contribution in [-0.4, -0.2) is 21.1 Å². The van der Waals surface area contributed by atoms with E-state index in [1.165, 1.54) is 23.0 Å². The summed E-state index contributed by atoms with van der Waals surface area (Å²) in [5, 5.41) is 11.1. The lowest BCUT2D eigenvalue weighted by molar-refractivity contribution is 0.102. The zero-order chi connectivity index (χ0) is 17.8. The Balaban J connectivity index is 1.69. The van der Waals surface area contributed by atoms with Crippen molar-refractivity contribution in [3.8, 4) is 5.75 Å². The lowest BCUT2D eigenvalue weighted by Crippen LogP contribution is -2.17. The highest BCUT2D eigenvalue weighted by Crippen LogP contribution is 2.22. The van der Waals surface area contributed by atoms with Gasteiger partial charge < -0.3 is 9.72 Å². The van der Waals surface area contributed by atoms with E-state index in [9.17, 15) is 9.59 Å². The van der Waals surface area contributed by atoms with Crippen molar-refractivity contribution in [2.75, 3.05) is 5.32 Å². The van der Waals surface area contributed by atoms with Gasteiger partial charge in [0, 0.05) is 27.9 Å². The molecule has 2 heterocycles. The molecule has 7 nitrogen and oxygen atoms in total. The predicted octanol–water partition coefficient (Wildman–Crippen LogP) is 3.36. The van der Waals surface area contributed by atoms with Gasteiger partial charge in [0.2, 0.25) is 10.6 Å². The molecule has 3 rings (SSSR count). The Hall–Kier alpha value is -2.42. The Morgan fingerprint density at radius 3 is 2.84 bits per heavy atom. The molecule has 1 aromatic carbocycles. The Morgan fingerprint density at radius 1 is 1.32 bits per heavy atom. The number of hydrogen-bond donors (Lipinski definition) is 2. The van der Waals surface area contributed by atoms with Gasteiger partial charge in [-0.25, -0.2) is 0 Å². The summed E-state index contributed by atoms with van der Waals surface area (Å²) in [5.74, 6) is -0.431. The normalized spacial score (nSPS) is 10.5. The lowest BCUT2D eigenvalue weighted by atomic mass is 10.2. The van der Waals surface area contributed by atoms with Crippen LogP contribution in [0, 0.1) is 0 Å². The van der Waals surface area contributed by atoms with E-state index in [2.05, 4.69) is 20.5 Å². The Labute approximate surface area is 155 Å². The maximum atomic E-state index is 12.1. The molecule has 0 bridgehead atoms. The molecule has 0 atom stereocenters. The van der Waals surface area contributed by atoms with Crippen molar-refractivity contribution < 1.29 is 9.53 Å². The van der Waals surface area contributed by atoms with E-state index >= 15 is 0 Å². The number of carbonyl (C=O) groups is 1. The van der Waals surface area contributed by atoms with Crippen LogP contribution in [0.25, 0.3) is 0 Å². The van der Waals surface area contributed by atoms with Crippen LogP contribution in [0.2, 0.25) is 10.0 Å². The molecule has 0 unspecified atom stereocenters. The topological polar surface area (TPSA) is 97.0 Å². The van der Waals surface area contributed by atoms with E-state index in [4.69, 9.17) is 27.9 Å². The van der Waals surface area contributed by atoms with E-state index in [1.54, 1.807) is 18.2 Å². The van der Waals surface area contributed by atoms with Gasteiger partial charge >= 0.3 is 0 Å².